The lowest BCUT2D eigenvalue weighted by Gasteiger charge is -2.19. The summed E-state index contributed by atoms with van der Waals surface area (Å²) in [5.41, 5.74) is 8.03. The van der Waals surface area contributed by atoms with E-state index in [9.17, 15) is 0 Å². The molecule has 0 radical (unpaired) electrons. The van der Waals surface area contributed by atoms with Gasteiger partial charge in [-0.05, 0) is 25.3 Å². The second kappa shape index (κ2) is 6.64. The zero-order valence-electron chi connectivity index (χ0n) is 12.9. The maximum atomic E-state index is 6.24. The molecule has 1 aromatic heterocycles. The molecule has 0 spiro atoms. The summed E-state index contributed by atoms with van der Waals surface area (Å²) in [5.74, 6) is 1.43. The third-order valence-corrected chi connectivity index (χ3v) is 4.23. The Kier molecular flexibility index (Phi) is 4.42. The number of nitrogens with two attached hydrogens (primary N) is 1. The van der Waals surface area contributed by atoms with Crippen molar-refractivity contribution in [1.82, 2.24) is 9.97 Å². The molecule has 4 N–H and O–H groups in total. The maximum Gasteiger partial charge on any atom is 0.155 e. The molecule has 1 fully saturated rings. The highest BCUT2D eigenvalue weighted by Crippen LogP contribution is 2.29. The average molecular weight is 297 g/mol. The average Bonchev–Trinajstić information content (AvgIpc) is 3.05. The van der Waals surface area contributed by atoms with Crippen LogP contribution in [0, 0.1) is 0 Å². The Balaban J connectivity index is 1.73. The van der Waals surface area contributed by atoms with Gasteiger partial charge < -0.3 is 16.4 Å². The Morgan fingerprint density at radius 1 is 1.09 bits per heavy atom. The highest BCUT2D eigenvalue weighted by atomic mass is 15.1. The van der Waals surface area contributed by atoms with Gasteiger partial charge >= 0.3 is 0 Å². The van der Waals surface area contributed by atoms with Gasteiger partial charge in [-0.2, -0.15) is 0 Å². The molecule has 3 rings (SSSR count). The van der Waals surface area contributed by atoms with Crippen LogP contribution in [0.25, 0.3) is 0 Å². The molecular weight excluding hydrogens is 274 g/mol. The molecule has 0 saturated heterocycles. The number of rotatable bonds is 5. The molecule has 1 aliphatic carbocycles. The molecule has 1 aromatic carbocycles. The van der Waals surface area contributed by atoms with Crippen molar-refractivity contribution in [3.63, 3.8) is 0 Å². The van der Waals surface area contributed by atoms with Gasteiger partial charge in [-0.1, -0.05) is 43.2 Å². The summed E-state index contributed by atoms with van der Waals surface area (Å²) in [6.07, 6.45) is 6.49. The predicted molar refractivity (Wildman–Crippen MR) is 90.8 cm³/mol. The van der Waals surface area contributed by atoms with Crippen molar-refractivity contribution >= 4 is 17.3 Å². The number of nitrogen functional groups attached to an aromatic ring is 1. The van der Waals surface area contributed by atoms with Crippen LogP contribution < -0.4 is 16.4 Å². The number of nitrogens with zero attached hydrogens (tertiary/aromatic N) is 2. The van der Waals surface area contributed by atoms with Crippen molar-refractivity contribution in [2.75, 3.05) is 16.4 Å². The quantitative estimate of drug-likeness (QED) is 0.786. The molecule has 1 heterocycles. The van der Waals surface area contributed by atoms with E-state index < -0.39 is 0 Å². The van der Waals surface area contributed by atoms with Crippen LogP contribution in [0.2, 0.25) is 0 Å². The van der Waals surface area contributed by atoms with Gasteiger partial charge in [-0.25, -0.2) is 9.97 Å². The first-order valence-corrected chi connectivity index (χ1v) is 7.92. The van der Waals surface area contributed by atoms with E-state index in [-0.39, 0.29) is 6.04 Å². The van der Waals surface area contributed by atoms with Gasteiger partial charge in [0.2, 0.25) is 0 Å². The number of aromatic nitrogens is 2. The van der Waals surface area contributed by atoms with Crippen LogP contribution in [0.1, 0.15) is 44.2 Å². The number of anilines is 3. The summed E-state index contributed by atoms with van der Waals surface area (Å²) in [6, 6.07) is 10.9. The van der Waals surface area contributed by atoms with Crippen LogP contribution in [-0.4, -0.2) is 16.0 Å². The maximum absolute atomic E-state index is 6.24. The zero-order valence-corrected chi connectivity index (χ0v) is 12.9. The molecule has 0 aliphatic heterocycles. The second-order valence-electron chi connectivity index (χ2n) is 5.89. The fourth-order valence-corrected chi connectivity index (χ4v) is 2.92. The molecular formula is C17H23N5. The molecule has 5 nitrogen and oxygen atoms in total. The molecule has 22 heavy (non-hydrogen) atoms. The third-order valence-electron chi connectivity index (χ3n) is 4.23. The topological polar surface area (TPSA) is 75.9 Å². The van der Waals surface area contributed by atoms with Gasteiger partial charge in [-0.15, -0.1) is 0 Å². The Hall–Kier alpha value is -2.30. The first-order valence-electron chi connectivity index (χ1n) is 7.92. The van der Waals surface area contributed by atoms with Gasteiger partial charge in [0.15, 0.2) is 11.6 Å². The molecule has 1 atom stereocenters. The molecule has 116 valence electrons. The van der Waals surface area contributed by atoms with Crippen LogP contribution in [0.5, 0.6) is 0 Å². The van der Waals surface area contributed by atoms with E-state index >= 15 is 0 Å². The summed E-state index contributed by atoms with van der Waals surface area (Å²) in [4.78, 5) is 8.59. The molecule has 2 aromatic rings. The van der Waals surface area contributed by atoms with E-state index in [1.807, 2.05) is 18.2 Å². The van der Waals surface area contributed by atoms with Gasteiger partial charge in [-0.3, -0.25) is 0 Å². The molecule has 0 amide bonds. The Morgan fingerprint density at radius 2 is 1.77 bits per heavy atom. The first kappa shape index (κ1) is 14.6. The minimum absolute atomic E-state index is 0.137. The fraction of sp³-hybridized carbons (Fsp3) is 0.412. The van der Waals surface area contributed by atoms with Crippen molar-refractivity contribution < 1.29 is 0 Å². The van der Waals surface area contributed by atoms with Crippen LogP contribution >= 0.6 is 0 Å². The van der Waals surface area contributed by atoms with Gasteiger partial charge in [0.25, 0.3) is 0 Å². The lowest BCUT2D eigenvalue weighted by molar-refractivity contribution is 0.750. The summed E-state index contributed by atoms with van der Waals surface area (Å²) < 4.78 is 0. The van der Waals surface area contributed by atoms with Crippen molar-refractivity contribution in [3.8, 4) is 0 Å². The van der Waals surface area contributed by atoms with Gasteiger partial charge in [0.05, 0.1) is 6.04 Å². The second-order valence-corrected chi connectivity index (χ2v) is 5.89. The highest BCUT2D eigenvalue weighted by Gasteiger charge is 2.18. The predicted octanol–water partition coefficient (Wildman–Crippen LogP) is 3.59. The van der Waals surface area contributed by atoms with Crippen LogP contribution in [0.4, 0.5) is 17.3 Å². The van der Waals surface area contributed by atoms with Gasteiger partial charge in [0.1, 0.15) is 12.0 Å². The van der Waals surface area contributed by atoms with Crippen LogP contribution in [0.15, 0.2) is 36.7 Å². The van der Waals surface area contributed by atoms with E-state index in [1.54, 1.807) is 6.33 Å². The zero-order chi connectivity index (χ0) is 15.4. The summed E-state index contributed by atoms with van der Waals surface area (Å²) in [6.45, 7) is 2.10. The van der Waals surface area contributed by atoms with Crippen molar-refractivity contribution in [2.45, 2.75) is 44.7 Å². The molecule has 1 saturated carbocycles. The van der Waals surface area contributed by atoms with Crippen molar-refractivity contribution in [1.29, 1.82) is 0 Å². The van der Waals surface area contributed by atoms with E-state index in [0.717, 1.165) is 5.82 Å². The summed E-state index contributed by atoms with van der Waals surface area (Å²) in [5, 5.41) is 6.82. The summed E-state index contributed by atoms with van der Waals surface area (Å²) >= 11 is 0. The van der Waals surface area contributed by atoms with Crippen molar-refractivity contribution in [2.24, 2.45) is 0 Å². The monoisotopic (exact) mass is 297 g/mol. The fourth-order valence-electron chi connectivity index (χ4n) is 2.92. The minimum Gasteiger partial charge on any atom is -0.393 e. The SMILES string of the molecule is CC(Nc1ncnc(NC2CCCC2)c1N)c1ccccc1. The van der Waals surface area contributed by atoms with Gasteiger partial charge in [0, 0.05) is 6.04 Å². The van der Waals surface area contributed by atoms with E-state index in [4.69, 9.17) is 5.73 Å². The molecule has 1 unspecified atom stereocenters. The molecule has 1 aliphatic rings. The third kappa shape index (κ3) is 3.30. The smallest absolute Gasteiger partial charge is 0.155 e. The number of hydrogen-bond donors (Lipinski definition) is 3. The minimum atomic E-state index is 0.137. The largest absolute Gasteiger partial charge is 0.393 e. The van der Waals surface area contributed by atoms with Crippen molar-refractivity contribution in [3.05, 3.63) is 42.2 Å². The Labute approximate surface area is 131 Å². The lowest BCUT2D eigenvalue weighted by atomic mass is 10.1. The van der Waals surface area contributed by atoms with E-state index in [1.165, 1.54) is 31.2 Å². The standard InChI is InChI=1S/C17H23N5/c1-12(13-7-3-2-4-8-13)21-16-15(18)17(20-11-19-16)22-14-9-5-6-10-14/h2-4,7-8,11-12,14H,5-6,9-10,18H2,1H3,(H2,19,20,21,22). The highest BCUT2D eigenvalue weighted by molar-refractivity contribution is 5.74. The number of nitrogens with one attached hydrogen (secondary N) is 2. The Bertz CT molecular complexity index is 608. The van der Waals surface area contributed by atoms with E-state index in [0.29, 0.717) is 17.5 Å². The summed E-state index contributed by atoms with van der Waals surface area (Å²) in [7, 11) is 0. The van der Waals surface area contributed by atoms with E-state index in [2.05, 4.69) is 39.7 Å². The van der Waals surface area contributed by atoms with Crippen LogP contribution in [0.3, 0.4) is 0 Å². The first-order chi connectivity index (χ1) is 10.7. The lowest BCUT2D eigenvalue weighted by Crippen LogP contribution is -2.18. The molecule has 5 heteroatoms. The number of benzene rings is 1. The Morgan fingerprint density at radius 3 is 2.50 bits per heavy atom. The number of hydrogen-bond acceptors (Lipinski definition) is 5. The van der Waals surface area contributed by atoms with Crippen LogP contribution in [-0.2, 0) is 0 Å². The molecule has 0 bridgehead atoms. The normalized spacial score (nSPS) is 16.4.